The second kappa shape index (κ2) is 5.55. The largest absolute Gasteiger partial charge is 0.396 e. The molecule has 0 aliphatic heterocycles. The molecule has 1 aromatic heterocycles. The van der Waals surface area contributed by atoms with Crippen LogP contribution in [0.25, 0.3) is 0 Å². The summed E-state index contributed by atoms with van der Waals surface area (Å²) in [6, 6.07) is 1.65. The summed E-state index contributed by atoms with van der Waals surface area (Å²) in [5, 5.41) is 12.0. The number of pyridine rings is 1. The predicted molar refractivity (Wildman–Crippen MR) is 72.7 cm³/mol. The molecule has 0 spiro atoms. The van der Waals surface area contributed by atoms with E-state index >= 15 is 0 Å². The summed E-state index contributed by atoms with van der Waals surface area (Å²) < 4.78 is 0.716. The van der Waals surface area contributed by atoms with E-state index in [2.05, 4.69) is 26.2 Å². The minimum Gasteiger partial charge on any atom is -0.396 e. The number of amides is 1. The van der Waals surface area contributed by atoms with Crippen molar-refractivity contribution in [2.24, 2.45) is 5.41 Å². The van der Waals surface area contributed by atoms with Crippen molar-refractivity contribution >= 4 is 33.4 Å². The lowest BCUT2D eigenvalue weighted by atomic mass is 10.0. The molecule has 98 valence electrons. The number of carbonyl (C=O) groups excluding carboxylic acids is 1. The zero-order valence-corrected chi connectivity index (χ0v) is 12.1. The van der Waals surface area contributed by atoms with Gasteiger partial charge >= 0.3 is 0 Å². The summed E-state index contributed by atoms with van der Waals surface area (Å²) in [6.45, 7) is 0.740. The van der Waals surface area contributed by atoms with Gasteiger partial charge in [-0.25, -0.2) is 4.98 Å². The van der Waals surface area contributed by atoms with Crippen molar-refractivity contribution in [3.8, 4) is 0 Å². The molecule has 1 aliphatic rings. The number of carbonyl (C=O) groups is 1. The Bertz CT molecular complexity index is 463. The maximum Gasteiger partial charge on any atom is 0.254 e. The second-order valence-corrected chi connectivity index (χ2v) is 5.92. The molecule has 0 radical (unpaired) electrons. The molecule has 1 aromatic rings. The average molecular weight is 334 g/mol. The Balaban J connectivity index is 1.98. The van der Waals surface area contributed by atoms with Crippen LogP contribution < -0.4 is 5.32 Å². The molecule has 0 unspecified atom stereocenters. The smallest absolute Gasteiger partial charge is 0.254 e. The fraction of sp³-hybridized carbons (Fsp3) is 0.500. The van der Waals surface area contributed by atoms with Gasteiger partial charge in [0.25, 0.3) is 5.91 Å². The van der Waals surface area contributed by atoms with E-state index in [1.807, 2.05) is 0 Å². The number of halogens is 2. The molecule has 1 aliphatic carbocycles. The third-order valence-corrected chi connectivity index (χ3v) is 4.01. The first kappa shape index (κ1) is 13.8. The summed E-state index contributed by atoms with van der Waals surface area (Å²) >= 11 is 9.14. The Labute approximate surface area is 119 Å². The van der Waals surface area contributed by atoms with Gasteiger partial charge in [0.2, 0.25) is 0 Å². The van der Waals surface area contributed by atoms with Gasteiger partial charge in [0.1, 0.15) is 5.15 Å². The molecule has 18 heavy (non-hydrogen) atoms. The first-order chi connectivity index (χ1) is 8.56. The molecular weight excluding hydrogens is 320 g/mol. The van der Waals surface area contributed by atoms with Crippen molar-refractivity contribution in [2.75, 3.05) is 13.2 Å². The average Bonchev–Trinajstić information content (AvgIpc) is 3.10. The molecule has 6 heteroatoms. The normalized spacial score (nSPS) is 16.4. The minimum absolute atomic E-state index is 0.0936. The van der Waals surface area contributed by atoms with E-state index in [1.165, 1.54) is 0 Å². The Morgan fingerprint density at radius 1 is 1.61 bits per heavy atom. The van der Waals surface area contributed by atoms with Gasteiger partial charge in [-0.05, 0) is 46.7 Å². The number of nitrogens with zero attached hydrogens (tertiary/aromatic N) is 1. The van der Waals surface area contributed by atoms with Crippen molar-refractivity contribution in [1.82, 2.24) is 10.3 Å². The number of aliphatic hydroxyl groups is 1. The Morgan fingerprint density at radius 3 is 2.94 bits per heavy atom. The standard InChI is InChI=1S/C12H14BrClN2O2/c13-8-5-9(10(14)15-6-8)11(18)16-7-12(1-2-12)3-4-17/h5-6,17H,1-4,7H2,(H,16,18). The first-order valence-corrected chi connectivity index (χ1v) is 6.93. The number of rotatable bonds is 5. The van der Waals surface area contributed by atoms with Crippen molar-refractivity contribution in [3.05, 3.63) is 27.5 Å². The van der Waals surface area contributed by atoms with Crippen LogP contribution in [-0.2, 0) is 0 Å². The highest BCUT2D eigenvalue weighted by molar-refractivity contribution is 9.10. The van der Waals surface area contributed by atoms with E-state index < -0.39 is 0 Å². The van der Waals surface area contributed by atoms with E-state index in [1.54, 1.807) is 12.3 Å². The molecule has 0 bridgehead atoms. The maximum absolute atomic E-state index is 12.0. The zero-order valence-electron chi connectivity index (χ0n) is 9.75. The Kier molecular flexibility index (Phi) is 4.25. The number of aliphatic hydroxyl groups excluding tert-OH is 1. The molecule has 2 N–H and O–H groups in total. The third-order valence-electron chi connectivity index (χ3n) is 3.27. The first-order valence-electron chi connectivity index (χ1n) is 5.76. The molecule has 0 saturated heterocycles. The summed E-state index contributed by atoms with van der Waals surface area (Å²) in [4.78, 5) is 15.9. The minimum atomic E-state index is -0.224. The van der Waals surface area contributed by atoms with Crippen molar-refractivity contribution in [3.63, 3.8) is 0 Å². The third kappa shape index (κ3) is 3.22. The quantitative estimate of drug-likeness (QED) is 0.813. The van der Waals surface area contributed by atoms with Crippen LogP contribution in [0.2, 0.25) is 5.15 Å². The highest BCUT2D eigenvalue weighted by Crippen LogP contribution is 2.47. The van der Waals surface area contributed by atoms with Crippen LogP contribution in [0.5, 0.6) is 0 Å². The summed E-state index contributed by atoms with van der Waals surface area (Å²) in [5.41, 5.74) is 0.460. The van der Waals surface area contributed by atoms with Gasteiger partial charge < -0.3 is 10.4 Å². The highest BCUT2D eigenvalue weighted by Gasteiger charge is 2.41. The molecule has 1 fully saturated rings. The number of hydrogen-bond acceptors (Lipinski definition) is 3. The summed E-state index contributed by atoms with van der Waals surface area (Å²) in [6.07, 6.45) is 4.39. The second-order valence-electron chi connectivity index (χ2n) is 4.65. The van der Waals surface area contributed by atoms with Gasteiger partial charge in [-0.3, -0.25) is 4.79 Å². The monoisotopic (exact) mass is 332 g/mol. The zero-order chi connectivity index (χ0) is 13.2. The molecule has 1 heterocycles. The Morgan fingerprint density at radius 2 is 2.33 bits per heavy atom. The topological polar surface area (TPSA) is 62.2 Å². The fourth-order valence-electron chi connectivity index (χ4n) is 1.87. The van der Waals surface area contributed by atoms with Crippen LogP contribution in [0.15, 0.2) is 16.7 Å². The Hall–Kier alpha value is -0.650. The number of aromatic nitrogens is 1. The van der Waals surface area contributed by atoms with Crippen LogP contribution >= 0.6 is 27.5 Å². The molecule has 0 atom stereocenters. The van der Waals surface area contributed by atoms with Gasteiger partial charge in [0.05, 0.1) is 5.56 Å². The molecule has 4 nitrogen and oxygen atoms in total. The summed E-state index contributed by atoms with van der Waals surface area (Å²) in [5.74, 6) is -0.224. The highest BCUT2D eigenvalue weighted by atomic mass is 79.9. The molecule has 0 aromatic carbocycles. The van der Waals surface area contributed by atoms with Crippen molar-refractivity contribution in [1.29, 1.82) is 0 Å². The molecule has 1 saturated carbocycles. The number of nitrogens with one attached hydrogen (secondary N) is 1. The van der Waals surface area contributed by atoms with Gasteiger partial charge in [-0.1, -0.05) is 11.6 Å². The van der Waals surface area contributed by atoms with Gasteiger partial charge in [0, 0.05) is 23.8 Å². The van der Waals surface area contributed by atoms with Crippen LogP contribution in [-0.4, -0.2) is 29.1 Å². The van der Waals surface area contributed by atoms with Gasteiger partial charge in [-0.2, -0.15) is 0 Å². The van der Waals surface area contributed by atoms with E-state index in [0.29, 0.717) is 16.6 Å². The van der Waals surface area contributed by atoms with E-state index in [-0.39, 0.29) is 23.1 Å². The van der Waals surface area contributed by atoms with Crippen LogP contribution in [0.4, 0.5) is 0 Å². The summed E-state index contributed by atoms with van der Waals surface area (Å²) in [7, 11) is 0. The van der Waals surface area contributed by atoms with Crippen molar-refractivity contribution < 1.29 is 9.90 Å². The van der Waals surface area contributed by atoms with Crippen LogP contribution in [0, 0.1) is 5.41 Å². The van der Waals surface area contributed by atoms with Gasteiger partial charge in [0.15, 0.2) is 0 Å². The van der Waals surface area contributed by atoms with Crippen LogP contribution in [0.3, 0.4) is 0 Å². The lowest BCUT2D eigenvalue weighted by Crippen LogP contribution is -2.31. The van der Waals surface area contributed by atoms with E-state index in [4.69, 9.17) is 16.7 Å². The lowest BCUT2D eigenvalue weighted by Gasteiger charge is -2.14. The van der Waals surface area contributed by atoms with E-state index in [9.17, 15) is 4.79 Å². The molecular formula is C12H14BrClN2O2. The fourth-order valence-corrected chi connectivity index (χ4v) is 2.39. The molecule has 2 rings (SSSR count). The van der Waals surface area contributed by atoms with E-state index in [0.717, 1.165) is 19.3 Å². The molecule has 1 amide bonds. The number of hydrogen-bond donors (Lipinski definition) is 2. The SMILES string of the molecule is O=C(NCC1(CCO)CC1)c1cc(Br)cnc1Cl. The lowest BCUT2D eigenvalue weighted by molar-refractivity contribution is 0.0940. The van der Waals surface area contributed by atoms with Gasteiger partial charge in [-0.15, -0.1) is 0 Å². The van der Waals surface area contributed by atoms with Crippen LogP contribution in [0.1, 0.15) is 29.6 Å². The van der Waals surface area contributed by atoms with Crippen molar-refractivity contribution in [2.45, 2.75) is 19.3 Å². The maximum atomic E-state index is 12.0. The predicted octanol–water partition coefficient (Wildman–Crippen LogP) is 2.39.